The van der Waals surface area contributed by atoms with Gasteiger partial charge in [-0.15, -0.1) is 0 Å². The van der Waals surface area contributed by atoms with E-state index < -0.39 is 15.7 Å². The first kappa shape index (κ1) is 15.3. The Morgan fingerprint density at radius 1 is 1.32 bits per heavy atom. The lowest BCUT2D eigenvalue weighted by atomic mass is 10.0. The largest absolute Gasteiger partial charge is 0.481 e. The van der Waals surface area contributed by atoms with Gasteiger partial charge in [0.05, 0.1) is 11.5 Å². The van der Waals surface area contributed by atoms with E-state index in [1.165, 1.54) is 6.07 Å². The van der Waals surface area contributed by atoms with E-state index in [1.807, 2.05) is 6.92 Å². The van der Waals surface area contributed by atoms with Gasteiger partial charge in [0, 0.05) is 13.1 Å². The van der Waals surface area contributed by atoms with Gasteiger partial charge in [-0.25, -0.2) is 12.8 Å². The van der Waals surface area contributed by atoms with Gasteiger partial charge in [-0.3, -0.25) is 4.79 Å². The number of aryl methyl sites for hydroxylation is 1. The summed E-state index contributed by atoms with van der Waals surface area (Å²) in [6, 6.07) is 4.49. The summed E-state index contributed by atoms with van der Waals surface area (Å²) in [6.07, 6.45) is 0. The van der Waals surface area contributed by atoms with Crippen molar-refractivity contribution < 1.29 is 22.3 Å². The molecule has 2 aliphatic heterocycles. The summed E-state index contributed by atoms with van der Waals surface area (Å²) in [4.78, 5) is 13.8. The molecule has 1 aromatic carbocycles. The third kappa shape index (κ3) is 3.09. The zero-order valence-electron chi connectivity index (χ0n) is 12.3. The number of hydrogen-bond acceptors (Lipinski definition) is 4. The Labute approximate surface area is 129 Å². The van der Waals surface area contributed by atoms with E-state index in [0.29, 0.717) is 13.1 Å². The van der Waals surface area contributed by atoms with Gasteiger partial charge in [0.25, 0.3) is 5.91 Å². The second-order valence-electron chi connectivity index (χ2n) is 6.12. The van der Waals surface area contributed by atoms with Crippen LogP contribution in [0.1, 0.15) is 5.56 Å². The molecule has 0 bridgehead atoms. The second-order valence-corrected chi connectivity index (χ2v) is 8.27. The van der Waals surface area contributed by atoms with Crippen LogP contribution in [0, 0.1) is 24.6 Å². The van der Waals surface area contributed by atoms with E-state index in [4.69, 9.17) is 4.74 Å². The van der Waals surface area contributed by atoms with Gasteiger partial charge < -0.3 is 9.64 Å². The highest BCUT2D eigenvalue weighted by atomic mass is 32.2. The first-order valence-electron chi connectivity index (χ1n) is 7.21. The summed E-state index contributed by atoms with van der Waals surface area (Å²) in [5.41, 5.74) is 0.852. The van der Waals surface area contributed by atoms with E-state index in [2.05, 4.69) is 0 Å². The number of hydrogen-bond donors (Lipinski definition) is 0. The van der Waals surface area contributed by atoms with Crippen LogP contribution in [0.3, 0.4) is 0 Å². The molecule has 0 aliphatic carbocycles. The lowest BCUT2D eigenvalue weighted by Crippen LogP contribution is -2.34. The molecule has 0 N–H and O–H groups in total. The Bertz CT molecular complexity index is 683. The highest BCUT2D eigenvalue weighted by molar-refractivity contribution is 7.91. The Morgan fingerprint density at radius 3 is 2.59 bits per heavy atom. The van der Waals surface area contributed by atoms with Crippen LogP contribution in [0.2, 0.25) is 0 Å². The molecule has 7 heteroatoms. The standard InChI is InChI=1S/C15H18FNO4S/c1-10-2-3-13(16)14(4-10)21-7-15(18)17-5-11-8-22(19,20)9-12(11)6-17/h2-4,11-12H,5-9H2,1H3/t11-,12+. The molecule has 3 rings (SSSR count). The van der Waals surface area contributed by atoms with E-state index in [9.17, 15) is 17.6 Å². The molecule has 0 unspecified atom stereocenters. The van der Waals surface area contributed by atoms with Crippen LogP contribution in [0.4, 0.5) is 4.39 Å². The van der Waals surface area contributed by atoms with Gasteiger partial charge in [0.1, 0.15) is 0 Å². The number of halogens is 1. The highest BCUT2D eigenvalue weighted by Crippen LogP contribution is 2.32. The van der Waals surface area contributed by atoms with E-state index in [-0.39, 0.29) is 41.6 Å². The van der Waals surface area contributed by atoms with Crippen LogP contribution >= 0.6 is 0 Å². The molecule has 2 saturated heterocycles. The molecule has 2 atom stereocenters. The summed E-state index contributed by atoms with van der Waals surface area (Å²) in [5.74, 6) is -0.274. The number of amides is 1. The van der Waals surface area contributed by atoms with Gasteiger partial charge in [-0.05, 0) is 36.5 Å². The van der Waals surface area contributed by atoms with Gasteiger partial charge in [-0.1, -0.05) is 6.07 Å². The third-order valence-electron chi connectivity index (χ3n) is 4.30. The number of fused-ring (bicyclic) bond motifs is 1. The molecular weight excluding hydrogens is 309 g/mol. The van der Waals surface area contributed by atoms with Crippen LogP contribution in [0.5, 0.6) is 5.75 Å². The summed E-state index contributed by atoms with van der Waals surface area (Å²) in [7, 11) is -2.94. The minimum atomic E-state index is -2.94. The molecule has 22 heavy (non-hydrogen) atoms. The van der Waals surface area contributed by atoms with Crippen molar-refractivity contribution in [3.8, 4) is 5.75 Å². The fourth-order valence-corrected chi connectivity index (χ4v) is 5.39. The number of carbonyl (C=O) groups excluding carboxylic acids is 1. The van der Waals surface area contributed by atoms with Crippen molar-refractivity contribution in [2.75, 3.05) is 31.2 Å². The van der Waals surface area contributed by atoms with E-state index in [0.717, 1.165) is 5.56 Å². The van der Waals surface area contributed by atoms with E-state index >= 15 is 0 Å². The average Bonchev–Trinajstić information content (AvgIpc) is 2.93. The zero-order chi connectivity index (χ0) is 15.9. The Kier molecular flexibility index (Phi) is 3.84. The number of rotatable bonds is 3. The topological polar surface area (TPSA) is 63.7 Å². The molecule has 5 nitrogen and oxygen atoms in total. The second kappa shape index (κ2) is 5.53. The minimum absolute atomic E-state index is 0.0321. The Morgan fingerprint density at radius 2 is 1.95 bits per heavy atom. The average molecular weight is 327 g/mol. The van der Waals surface area contributed by atoms with Gasteiger partial charge in [0.2, 0.25) is 0 Å². The molecule has 2 fully saturated rings. The van der Waals surface area contributed by atoms with Gasteiger partial charge in [-0.2, -0.15) is 0 Å². The smallest absolute Gasteiger partial charge is 0.260 e. The Hall–Kier alpha value is -1.63. The van der Waals surface area contributed by atoms with Gasteiger partial charge in [0.15, 0.2) is 28.0 Å². The summed E-state index contributed by atoms with van der Waals surface area (Å²) in [6.45, 7) is 2.48. The predicted molar refractivity (Wildman–Crippen MR) is 78.8 cm³/mol. The number of benzene rings is 1. The minimum Gasteiger partial charge on any atom is -0.481 e. The Balaban J connectivity index is 1.57. The van der Waals surface area contributed by atoms with Crippen LogP contribution in [0.15, 0.2) is 18.2 Å². The van der Waals surface area contributed by atoms with Crippen molar-refractivity contribution in [1.29, 1.82) is 0 Å². The normalized spacial score (nSPS) is 26.0. The number of ether oxygens (including phenoxy) is 1. The van der Waals surface area contributed by atoms with Crippen molar-refractivity contribution in [2.24, 2.45) is 11.8 Å². The number of likely N-dealkylation sites (tertiary alicyclic amines) is 1. The molecule has 0 aromatic heterocycles. The summed E-state index contributed by atoms with van der Waals surface area (Å²) >= 11 is 0. The fourth-order valence-electron chi connectivity index (χ4n) is 3.19. The number of carbonyl (C=O) groups is 1. The third-order valence-corrected chi connectivity index (χ3v) is 6.18. The molecule has 1 amide bonds. The lowest BCUT2D eigenvalue weighted by Gasteiger charge is -2.17. The molecule has 2 heterocycles. The van der Waals surface area contributed by atoms with Crippen molar-refractivity contribution in [1.82, 2.24) is 4.90 Å². The van der Waals surface area contributed by atoms with Crippen LogP contribution in [0.25, 0.3) is 0 Å². The maximum Gasteiger partial charge on any atom is 0.260 e. The van der Waals surface area contributed by atoms with E-state index in [1.54, 1.807) is 17.0 Å². The van der Waals surface area contributed by atoms with Crippen molar-refractivity contribution in [2.45, 2.75) is 6.92 Å². The predicted octanol–water partition coefficient (Wildman–Crippen LogP) is 1.02. The molecule has 120 valence electrons. The molecular formula is C15H18FNO4S. The number of sulfone groups is 1. The first-order chi connectivity index (χ1) is 10.3. The number of nitrogens with zero attached hydrogens (tertiary/aromatic N) is 1. The maximum atomic E-state index is 13.6. The molecule has 0 spiro atoms. The monoisotopic (exact) mass is 327 g/mol. The van der Waals surface area contributed by atoms with Gasteiger partial charge >= 0.3 is 0 Å². The summed E-state index contributed by atoms with van der Waals surface area (Å²) < 4.78 is 41.9. The van der Waals surface area contributed by atoms with Crippen LogP contribution in [-0.4, -0.2) is 50.4 Å². The van der Waals surface area contributed by atoms with Crippen LogP contribution < -0.4 is 4.74 Å². The van der Waals surface area contributed by atoms with Crippen LogP contribution in [-0.2, 0) is 14.6 Å². The first-order valence-corrected chi connectivity index (χ1v) is 9.03. The maximum absolute atomic E-state index is 13.6. The molecule has 1 aromatic rings. The fraction of sp³-hybridized carbons (Fsp3) is 0.533. The SMILES string of the molecule is Cc1ccc(F)c(OCC(=O)N2C[C@@H]3CS(=O)(=O)C[C@@H]3C2)c1. The molecule has 2 aliphatic rings. The zero-order valence-corrected chi connectivity index (χ0v) is 13.1. The quantitative estimate of drug-likeness (QED) is 0.831. The lowest BCUT2D eigenvalue weighted by molar-refractivity contribution is -0.132. The van der Waals surface area contributed by atoms with Crippen molar-refractivity contribution in [3.63, 3.8) is 0 Å². The van der Waals surface area contributed by atoms with Crippen molar-refractivity contribution >= 4 is 15.7 Å². The highest BCUT2D eigenvalue weighted by Gasteiger charge is 2.44. The summed E-state index contributed by atoms with van der Waals surface area (Å²) in [5, 5.41) is 0. The van der Waals surface area contributed by atoms with Crippen molar-refractivity contribution in [3.05, 3.63) is 29.6 Å². The molecule has 0 saturated carbocycles. The molecule has 0 radical (unpaired) electrons.